The van der Waals surface area contributed by atoms with Gasteiger partial charge in [-0.3, -0.25) is 0 Å². The Hall–Kier alpha value is -1.26. The summed E-state index contributed by atoms with van der Waals surface area (Å²) in [6, 6.07) is 5.77. The van der Waals surface area contributed by atoms with Crippen molar-refractivity contribution in [3.05, 3.63) is 23.8 Å². The summed E-state index contributed by atoms with van der Waals surface area (Å²) in [5.41, 5.74) is 6.67. The highest BCUT2D eigenvalue weighted by Crippen LogP contribution is 2.31. The van der Waals surface area contributed by atoms with E-state index in [-0.39, 0.29) is 0 Å². The molecule has 94 valence electrons. The number of para-hydroxylation sites is 1. The van der Waals surface area contributed by atoms with Crippen molar-refractivity contribution < 1.29 is 14.2 Å². The lowest BCUT2D eigenvalue weighted by atomic mass is 10.1. The predicted octanol–water partition coefficient (Wildman–Crippen LogP) is 1.57. The standard InChI is InChI=1S/C13H19NO3/c1-15-12-4-2-3-11(7-14)13(12)17-9-10-5-6-16-8-10/h2-4,10H,5-9,14H2,1H3. The van der Waals surface area contributed by atoms with Crippen LogP contribution in [-0.2, 0) is 11.3 Å². The van der Waals surface area contributed by atoms with Gasteiger partial charge in [-0.15, -0.1) is 0 Å². The summed E-state index contributed by atoms with van der Waals surface area (Å²) in [6.45, 7) is 2.73. The first-order valence-electron chi connectivity index (χ1n) is 5.91. The Balaban J connectivity index is 2.06. The second-order valence-corrected chi connectivity index (χ2v) is 4.19. The van der Waals surface area contributed by atoms with Gasteiger partial charge < -0.3 is 19.9 Å². The molecular weight excluding hydrogens is 218 g/mol. The van der Waals surface area contributed by atoms with Gasteiger partial charge in [0.05, 0.1) is 20.3 Å². The monoisotopic (exact) mass is 237 g/mol. The Bertz CT molecular complexity index is 339. The normalized spacial score (nSPS) is 19.3. The fraction of sp³-hybridized carbons (Fsp3) is 0.538. The van der Waals surface area contributed by atoms with Crippen LogP contribution in [-0.4, -0.2) is 26.9 Å². The maximum atomic E-state index is 5.85. The van der Waals surface area contributed by atoms with Crippen molar-refractivity contribution in [1.29, 1.82) is 0 Å². The quantitative estimate of drug-likeness (QED) is 0.844. The fourth-order valence-corrected chi connectivity index (χ4v) is 1.96. The Morgan fingerprint density at radius 3 is 3.00 bits per heavy atom. The van der Waals surface area contributed by atoms with E-state index in [1.165, 1.54) is 0 Å². The van der Waals surface area contributed by atoms with Crippen molar-refractivity contribution in [3.8, 4) is 11.5 Å². The molecule has 4 nitrogen and oxygen atoms in total. The molecule has 1 aliphatic heterocycles. The summed E-state index contributed by atoms with van der Waals surface area (Å²) in [4.78, 5) is 0. The van der Waals surface area contributed by atoms with E-state index >= 15 is 0 Å². The van der Waals surface area contributed by atoms with Crippen molar-refractivity contribution >= 4 is 0 Å². The van der Waals surface area contributed by atoms with Crippen LogP contribution in [0.2, 0.25) is 0 Å². The van der Waals surface area contributed by atoms with Crippen molar-refractivity contribution in [3.63, 3.8) is 0 Å². The second kappa shape index (κ2) is 5.89. The van der Waals surface area contributed by atoms with E-state index in [0.29, 0.717) is 19.1 Å². The molecule has 1 unspecified atom stereocenters. The molecule has 1 atom stereocenters. The van der Waals surface area contributed by atoms with Crippen LogP contribution < -0.4 is 15.2 Å². The molecule has 1 aliphatic rings. The highest BCUT2D eigenvalue weighted by molar-refractivity contribution is 5.46. The van der Waals surface area contributed by atoms with Gasteiger partial charge in [0.1, 0.15) is 0 Å². The summed E-state index contributed by atoms with van der Waals surface area (Å²) in [5, 5.41) is 0. The third-order valence-electron chi connectivity index (χ3n) is 2.99. The van der Waals surface area contributed by atoms with Crippen molar-refractivity contribution in [2.75, 3.05) is 26.9 Å². The first-order chi connectivity index (χ1) is 8.35. The number of ether oxygens (including phenoxy) is 3. The first kappa shape index (κ1) is 12.2. The molecule has 2 rings (SSSR count). The van der Waals surface area contributed by atoms with Crippen LogP contribution in [0.1, 0.15) is 12.0 Å². The second-order valence-electron chi connectivity index (χ2n) is 4.19. The molecule has 0 radical (unpaired) electrons. The molecule has 4 heteroatoms. The van der Waals surface area contributed by atoms with Gasteiger partial charge in [-0.25, -0.2) is 0 Å². The van der Waals surface area contributed by atoms with Crippen LogP contribution in [0.4, 0.5) is 0 Å². The summed E-state index contributed by atoms with van der Waals surface area (Å²) >= 11 is 0. The summed E-state index contributed by atoms with van der Waals surface area (Å²) < 4.78 is 16.5. The molecule has 0 aliphatic carbocycles. The number of rotatable bonds is 5. The minimum absolute atomic E-state index is 0.452. The number of nitrogens with two attached hydrogens (primary N) is 1. The molecule has 1 fully saturated rings. The Labute approximate surface area is 102 Å². The minimum Gasteiger partial charge on any atom is -0.493 e. The Kier molecular flexibility index (Phi) is 4.23. The topological polar surface area (TPSA) is 53.7 Å². The van der Waals surface area contributed by atoms with E-state index in [2.05, 4.69) is 0 Å². The molecule has 0 saturated carbocycles. The van der Waals surface area contributed by atoms with Crippen LogP contribution in [0.5, 0.6) is 11.5 Å². The summed E-state index contributed by atoms with van der Waals surface area (Å²) in [5.74, 6) is 1.99. The summed E-state index contributed by atoms with van der Waals surface area (Å²) in [6.07, 6.45) is 1.06. The predicted molar refractivity (Wildman–Crippen MR) is 65.3 cm³/mol. The van der Waals surface area contributed by atoms with Gasteiger partial charge in [0.15, 0.2) is 11.5 Å². The highest BCUT2D eigenvalue weighted by atomic mass is 16.5. The largest absolute Gasteiger partial charge is 0.493 e. The zero-order chi connectivity index (χ0) is 12.1. The van der Waals surface area contributed by atoms with E-state index < -0.39 is 0 Å². The molecule has 1 saturated heterocycles. The van der Waals surface area contributed by atoms with Crippen LogP contribution in [0, 0.1) is 5.92 Å². The van der Waals surface area contributed by atoms with E-state index in [9.17, 15) is 0 Å². The molecule has 2 N–H and O–H groups in total. The third-order valence-corrected chi connectivity index (χ3v) is 2.99. The van der Waals surface area contributed by atoms with E-state index in [0.717, 1.165) is 36.7 Å². The average Bonchev–Trinajstić information content (AvgIpc) is 2.88. The van der Waals surface area contributed by atoms with Crippen LogP contribution in [0.3, 0.4) is 0 Å². The lowest BCUT2D eigenvalue weighted by Gasteiger charge is -2.16. The van der Waals surface area contributed by atoms with Gasteiger partial charge in [-0.2, -0.15) is 0 Å². The Morgan fingerprint density at radius 2 is 2.35 bits per heavy atom. The molecule has 0 amide bonds. The average molecular weight is 237 g/mol. The van der Waals surface area contributed by atoms with Gasteiger partial charge in [0.2, 0.25) is 0 Å². The van der Waals surface area contributed by atoms with Crippen LogP contribution in [0.25, 0.3) is 0 Å². The molecule has 1 aromatic rings. The minimum atomic E-state index is 0.452. The highest BCUT2D eigenvalue weighted by Gasteiger charge is 2.18. The van der Waals surface area contributed by atoms with Crippen molar-refractivity contribution in [2.45, 2.75) is 13.0 Å². The molecular formula is C13H19NO3. The Morgan fingerprint density at radius 1 is 1.47 bits per heavy atom. The van der Waals surface area contributed by atoms with Gasteiger partial charge in [-0.05, 0) is 12.5 Å². The molecule has 1 aromatic carbocycles. The van der Waals surface area contributed by atoms with Gasteiger partial charge in [0, 0.05) is 24.6 Å². The molecule has 0 aromatic heterocycles. The zero-order valence-corrected chi connectivity index (χ0v) is 10.1. The number of hydrogen-bond donors (Lipinski definition) is 1. The van der Waals surface area contributed by atoms with Crippen molar-refractivity contribution in [1.82, 2.24) is 0 Å². The lowest BCUT2D eigenvalue weighted by Crippen LogP contribution is -2.13. The number of benzene rings is 1. The molecule has 0 bridgehead atoms. The summed E-state index contributed by atoms with van der Waals surface area (Å²) in [7, 11) is 1.64. The van der Waals surface area contributed by atoms with E-state index in [4.69, 9.17) is 19.9 Å². The fourth-order valence-electron chi connectivity index (χ4n) is 1.96. The molecule has 1 heterocycles. The number of methoxy groups -OCH3 is 1. The van der Waals surface area contributed by atoms with Crippen LogP contribution in [0.15, 0.2) is 18.2 Å². The smallest absolute Gasteiger partial charge is 0.165 e. The maximum Gasteiger partial charge on any atom is 0.165 e. The van der Waals surface area contributed by atoms with Gasteiger partial charge >= 0.3 is 0 Å². The number of hydrogen-bond acceptors (Lipinski definition) is 4. The molecule has 0 spiro atoms. The van der Waals surface area contributed by atoms with Gasteiger partial charge in [0.25, 0.3) is 0 Å². The SMILES string of the molecule is COc1cccc(CN)c1OCC1CCOC1. The van der Waals surface area contributed by atoms with E-state index in [1.54, 1.807) is 7.11 Å². The van der Waals surface area contributed by atoms with Gasteiger partial charge in [-0.1, -0.05) is 12.1 Å². The zero-order valence-electron chi connectivity index (χ0n) is 10.1. The molecule has 17 heavy (non-hydrogen) atoms. The van der Waals surface area contributed by atoms with E-state index in [1.807, 2.05) is 18.2 Å². The van der Waals surface area contributed by atoms with Crippen molar-refractivity contribution in [2.24, 2.45) is 11.7 Å². The van der Waals surface area contributed by atoms with Crippen LogP contribution >= 0.6 is 0 Å². The third kappa shape index (κ3) is 2.90. The first-order valence-corrected chi connectivity index (χ1v) is 5.91. The maximum absolute atomic E-state index is 5.85. The lowest BCUT2D eigenvalue weighted by molar-refractivity contribution is 0.165.